The van der Waals surface area contributed by atoms with E-state index in [0.29, 0.717) is 10.2 Å². The van der Waals surface area contributed by atoms with Gasteiger partial charge >= 0.3 is 12.5 Å². The highest BCUT2D eigenvalue weighted by atomic mass is 32.2. The Morgan fingerprint density at radius 2 is 1.94 bits per heavy atom. The van der Waals surface area contributed by atoms with Crippen molar-refractivity contribution in [1.82, 2.24) is 9.78 Å². The van der Waals surface area contributed by atoms with E-state index in [-0.39, 0.29) is 53.1 Å². The van der Waals surface area contributed by atoms with Crippen LogP contribution < -0.4 is 9.04 Å². The van der Waals surface area contributed by atoms with Gasteiger partial charge < -0.3 is 14.3 Å². The van der Waals surface area contributed by atoms with Gasteiger partial charge in [0.1, 0.15) is 28.1 Å². The fraction of sp³-hybridized carbons (Fsp3) is 0.542. The number of hydrogen-bond donors (Lipinski definition) is 0. The number of rotatable bonds is 8. The molecule has 0 bridgehead atoms. The topological polar surface area (TPSA) is 108 Å². The Bertz CT molecular complexity index is 1250. The van der Waals surface area contributed by atoms with Gasteiger partial charge in [0, 0.05) is 12.3 Å². The van der Waals surface area contributed by atoms with Gasteiger partial charge in [-0.2, -0.15) is 13.9 Å². The summed E-state index contributed by atoms with van der Waals surface area (Å²) in [7, 11) is -4.35. The lowest BCUT2D eigenvalue weighted by Gasteiger charge is -2.38. The molecule has 0 radical (unpaired) electrons. The van der Waals surface area contributed by atoms with E-state index in [1.54, 1.807) is 39.8 Å². The number of nitrogens with zero attached hydrogens (tertiary/aromatic N) is 3. The lowest BCUT2D eigenvalue weighted by atomic mass is 9.97. The summed E-state index contributed by atoms with van der Waals surface area (Å²) in [5.41, 5.74) is -0.123. The number of benzene rings is 1. The third kappa shape index (κ3) is 6.21. The largest absolute Gasteiger partial charge is 0.486 e. The number of aromatic nitrogens is 2. The number of carbonyl (C=O) groups excluding carboxylic acids is 2. The molecule has 1 aliphatic heterocycles. The number of Topliss-reactive ketones (excluding diaryl/α,β-unsaturated/α-hetero) is 1. The molecule has 2 atom stereocenters. The summed E-state index contributed by atoms with van der Waals surface area (Å²) in [6.45, 7) is 6.61. The predicted octanol–water partition coefficient (Wildman–Crippen LogP) is 4.04. The number of carbonyl (C=O) groups is 2. The minimum Gasteiger partial charge on any atom is -0.486 e. The van der Waals surface area contributed by atoms with Crippen molar-refractivity contribution >= 4 is 27.5 Å². The highest BCUT2D eigenvalue weighted by Gasteiger charge is 2.39. The molecule has 0 saturated carbocycles. The molecule has 1 aromatic heterocycles. The van der Waals surface area contributed by atoms with Gasteiger partial charge in [0.05, 0.1) is 30.5 Å². The van der Waals surface area contributed by atoms with Crippen LogP contribution >= 0.6 is 0 Å². The van der Waals surface area contributed by atoms with E-state index < -0.39 is 34.2 Å². The Morgan fingerprint density at radius 1 is 1.28 bits per heavy atom. The van der Waals surface area contributed by atoms with Crippen LogP contribution in [0.1, 0.15) is 58.8 Å². The summed E-state index contributed by atoms with van der Waals surface area (Å²) < 4.78 is 66.7. The Morgan fingerprint density at radius 3 is 2.50 bits per heavy atom. The average Bonchev–Trinajstić information content (AvgIpc) is 3.14. The maximum atomic E-state index is 13.7. The quantitative estimate of drug-likeness (QED) is 0.477. The molecule has 36 heavy (non-hydrogen) atoms. The maximum Gasteiger partial charge on any atom is 0.333 e. The normalized spacial score (nSPS) is 16.9. The zero-order chi connectivity index (χ0) is 27.0. The van der Waals surface area contributed by atoms with E-state index in [9.17, 15) is 26.8 Å². The summed E-state index contributed by atoms with van der Waals surface area (Å²) in [6, 6.07) is 4.70. The molecule has 3 rings (SSSR count). The van der Waals surface area contributed by atoms with Crippen LogP contribution in [0.25, 0.3) is 0 Å². The number of esters is 1. The summed E-state index contributed by atoms with van der Waals surface area (Å²) in [5, 5.41) is 3.64. The number of anilines is 1. The van der Waals surface area contributed by atoms with E-state index in [1.807, 2.05) is 0 Å². The lowest BCUT2D eigenvalue weighted by molar-refractivity contribution is -0.153. The molecule has 12 heteroatoms. The van der Waals surface area contributed by atoms with Gasteiger partial charge in [-0.25, -0.2) is 13.1 Å². The Balaban J connectivity index is 2.05. The minimum atomic E-state index is -4.35. The van der Waals surface area contributed by atoms with Crippen LogP contribution in [0.2, 0.25) is 0 Å². The summed E-state index contributed by atoms with van der Waals surface area (Å²) in [6.07, 6.45) is 0.194. The fourth-order valence-corrected chi connectivity index (χ4v) is 5.66. The Labute approximate surface area is 209 Å². The smallest absolute Gasteiger partial charge is 0.333 e. The van der Waals surface area contributed by atoms with Gasteiger partial charge in [0.2, 0.25) is 0 Å². The molecule has 198 valence electrons. The van der Waals surface area contributed by atoms with Crippen molar-refractivity contribution < 1.29 is 36.3 Å². The Kier molecular flexibility index (Phi) is 7.77. The molecule has 2 heterocycles. The van der Waals surface area contributed by atoms with Gasteiger partial charge in [-0.1, -0.05) is 13.0 Å². The maximum absolute atomic E-state index is 13.7. The second-order valence-electron chi connectivity index (χ2n) is 9.98. The Hall–Kier alpha value is -3.02. The first-order valence-electron chi connectivity index (χ1n) is 11.5. The molecule has 9 nitrogen and oxygen atoms in total. The number of aryl methyl sites for hydroxylation is 1. The number of ether oxygens (including phenoxy) is 2. The first kappa shape index (κ1) is 27.6. The first-order chi connectivity index (χ1) is 16.6. The molecule has 0 N–H and O–H groups in total. The van der Waals surface area contributed by atoms with Crippen LogP contribution in [0.3, 0.4) is 0 Å². The van der Waals surface area contributed by atoms with Crippen molar-refractivity contribution in [2.75, 3.05) is 10.8 Å². The molecule has 0 unspecified atom stereocenters. The van der Waals surface area contributed by atoms with Gasteiger partial charge in [-0.05, 0) is 52.3 Å². The van der Waals surface area contributed by atoms with Crippen LogP contribution in [-0.2, 0) is 30.8 Å². The van der Waals surface area contributed by atoms with Crippen LogP contribution in [0.5, 0.6) is 5.75 Å². The molecule has 0 fully saturated rings. The van der Waals surface area contributed by atoms with E-state index in [2.05, 4.69) is 5.10 Å². The fourth-order valence-electron chi connectivity index (χ4n) is 4.02. The summed E-state index contributed by atoms with van der Waals surface area (Å²) >= 11 is 0. The highest BCUT2D eigenvalue weighted by molar-refractivity contribution is 7.92. The van der Waals surface area contributed by atoms with Crippen LogP contribution in [0.15, 0.2) is 29.3 Å². The van der Waals surface area contributed by atoms with Crippen molar-refractivity contribution in [3.8, 4) is 5.75 Å². The van der Waals surface area contributed by atoms with Crippen molar-refractivity contribution in [3.63, 3.8) is 0 Å². The van der Waals surface area contributed by atoms with Gasteiger partial charge in [-0.3, -0.25) is 9.10 Å². The minimum absolute atomic E-state index is 0.0759. The average molecular weight is 528 g/mol. The second kappa shape index (κ2) is 10.2. The number of halogens is 2. The SMILES string of the molecule is CC(=O)C[C@@H](C)[C@H]1CN(S(=O)(=O)c2cn(C(F)F)nc2C)c2cc(CC(=O)OC(C)(C)C)ccc2O1. The van der Waals surface area contributed by atoms with Crippen LogP contribution in [0, 0.1) is 12.8 Å². The van der Waals surface area contributed by atoms with E-state index in [4.69, 9.17) is 9.47 Å². The number of alkyl halides is 2. The third-order valence-electron chi connectivity index (χ3n) is 5.57. The molecule has 0 amide bonds. The third-order valence-corrected chi connectivity index (χ3v) is 7.45. The van der Waals surface area contributed by atoms with Gasteiger partial charge in [0.15, 0.2) is 0 Å². The highest BCUT2D eigenvalue weighted by Crippen LogP contribution is 2.40. The number of fused-ring (bicyclic) bond motifs is 1. The lowest BCUT2D eigenvalue weighted by Crippen LogP contribution is -2.46. The monoisotopic (exact) mass is 527 g/mol. The van der Waals surface area contributed by atoms with E-state index in [0.717, 1.165) is 10.5 Å². The van der Waals surface area contributed by atoms with Crippen LogP contribution in [-0.4, -0.2) is 48.2 Å². The first-order valence-corrected chi connectivity index (χ1v) is 12.9. The van der Waals surface area contributed by atoms with Crippen molar-refractivity contribution in [1.29, 1.82) is 0 Å². The molecule has 1 aromatic carbocycles. The second-order valence-corrected chi connectivity index (χ2v) is 11.8. The van der Waals surface area contributed by atoms with Gasteiger partial charge in [0.25, 0.3) is 10.0 Å². The molecule has 0 spiro atoms. The summed E-state index contributed by atoms with van der Waals surface area (Å²) in [4.78, 5) is 23.7. The molecule has 0 aliphatic carbocycles. The van der Waals surface area contributed by atoms with Crippen molar-refractivity contribution in [2.24, 2.45) is 5.92 Å². The standard InChI is InChI=1S/C24H31F2N3O6S/c1-14(9-15(2)30)20-12-29(36(32,33)21-13-28(23(25)26)27-16(21)3)18-10-17(7-8-19(18)34-20)11-22(31)35-24(4,5)6/h7-8,10,13-14,20,23H,9,11-12H2,1-6H3/t14-,20-/m1/s1. The molecule has 0 saturated heterocycles. The van der Waals surface area contributed by atoms with Gasteiger partial charge in [-0.15, -0.1) is 0 Å². The number of ketones is 1. The van der Waals surface area contributed by atoms with Crippen molar-refractivity contribution in [2.45, 2.75) is 77.5 Å². The zero-order valence-electron chi connectivity index (χ0n) is 21.1. The summed E-state index contributed by atoms with van der Waals surface area (Å²) in [5.74, 6) is -0.652. The van der Waals surface area contributed by atoms with Crippen molar-refractivity contribution in [3.05, 3.63) is 35.7 Å². The predicted molar refractivity (Wildman–Crippen MR) is 128 cm³/mol. The van der Waals surface area contributed by atoms with Crippen LogP contribution in [0.4, 0.5) is 14.5 Å². The van der Waals surface area contributed by atoms with E-state index in [1.165, 1.54) is 19.9 Å². The molecular weight excluding hydrogens is 496 g/mol. The molecule has 2 aromatic rings. The zero-order valence-corrected chi connectivity index (χ0v) is 21.9. The molecule has 1 aliphatic rings. The number of sulfonamides is 1. The van der Waals surface area contributed by atoms with E-state index >= 15 is 0 Å². The molecular formula is C24H31F2N3O6S. The number of hydrogen-bond acceptors (Lipinski definition) is 7.